The lowest BCUT2D eigenvalue weighted by Crippen LogP contribution is -2.14. The number of benzene rings is 1. The Hall–Kier alpha value is -1.53. The van der Waals surface area contributed by atoms with Crippen LogP contribution in [0.25, 0.3) is 11.3 Å². The van der Waals surface area contributed by atoms with Gasteiger partial charge in [-0.25, -0.2) is 14.4 Å². The Morgan fingerprint density at radius 2 is 2.17 bits per heavy atom. The summed E-state index contributed by atoms with van der Waals surface area (Å²) in [6.45, 7) is 1.12. The molecule has 0 fully saturated rings. The van der Waals surface area contributed by atoms with Gasteiger partial charge in [-0.05, 0) is 40.2 Å². The minimum atomic E-state index is -0.297. The molecule has 0 amide bonds. The van der Waals surface area contributed by atoms with Crippen molar-refractivity contribution in [3.8, 4) is 11.3 Å². The summed E-state index contributed by atoms with van der Waals surface area (Å²) in [4.78, 5) is 8.41. The van der Waals surface area contributed by atoms with E-state index >= 15 is 0 Å². The second kappa shape index (κ2) is 5.88. The molecule has 0 radical (unpaired) electrons. The van der Waals surface area contributed by atoms with E-state index in [1.165, 1.54) is 6.07 Å². The Morgan fingerprint density at radius 1 is 1.33 bits per heavy atom. The highest BCUT2D eigenvalue weighted by atomic mass is 79.9. The molecule has 0 aliphatic carbocycles. The number of nitrogens with one attached hydrogen (secondary N) is 1. The lowest BCUT2D eigenvalue weighted by molar-refractivity contribution is 0.621. The average molecular weight is 311 g/mol. The molecule has 0 bridgehead atoms. The van der Waals surface area contributed by atoms with E-state index in [9.17, 15) is 4.39 Å². The molecule has 2 rings (SSSR count). The molecule has 94 valence electrons. The Bertz CT molecular complexity index is 547. The predicted octanol–water partition coefficient (Wildman–Crippen LogP) is 2.42. The molecule has 0 saturated heterocycles. The molecule has 6 heteroatoms. The molecule has 1 aromatic heterocycles. The summed E-state index contributed by atoms with van der Waals surface area (Å²) < 4.78 is 13.6. The molecule has 0 atom stereocenters. The largest absolute Gasteiger partial charge is 0.353 e. The van der Waals surface area contributed by atoms with Crippen LogP contribution in [0.5, 0.6) is 0 Å². The van der Waals surface area contributed by atoms with Gasteiger partial charge in [0, 0.05) is 24.8 Å². The standard InChI is InChI=1S/C12H12BrFN4/c13-9-7-8(1-2-10(9)14)11-3-5-16-12(18-11)17-6-4-15/h1-3,5,7H,4,6,15H2,(H,16,17,18). The van der Waals surface area contributed by atoms with E-state index in [1.807, 2.05) is 0 Å². The van der Waals surface area contributed by atoms with Gasteiger partial charge in [-0.1, -0.05) is 0 Å². The van der Waals surface area contributed by atoms with E-state index in [2.05, 4.69) is 31.2 Å². The fraction of sp³-hybridized carbons (Fsp3) is 0.167. The van der Waals surface area contributed by atoms with Gasteiger partial charge in [0.05, 0.1) is 10.2 Å². The first kappa shape index (κ1) is 12.9. The van der Waals surface area contributed by atoms with Crippen molar-refractivity contribution in [2.75, 3.05) is 18.4 Å². The number of anilines is 1. The molecule has 4 nitrogen and oxygen atoms in total. The second-order valence-electron chi connectivity index (χ2n) is 3.61. The Kier molecular flexibility index (Phi) is 4.22. The molecular weight excluding hydrogens is 299 g/mol. The predicted molar refractivity (Wildman–Crippen MR) is 72.7 cm³/mol. The molecular formula is C12H12BrFN4. The van der Waals surface area contributed by atoms with Gasteiger partial charge in [-0.15, -0.1) is 0 Å². The van der Waals surface area contributed by atoms with Crippen LogP contribution in [0.15, 0.2) is 34.9 Å². The third-order valence-corrected chi connectivity index (χ3v) is 2.91. The zero-order chi connectivity index (χ0) is 13.0. The van der Waals surface area contributed by atoms with Gasteiger partial charge in [0.1, 0.15) is 5.82 Å². The van der Waals surface area contributed by atoms with Crippen LogP contribution in [0.2, 0.25) is 0 Å². The summed E-state index contributed by atoms with van der Waals surface area (Å²) in [7, 11) is 0. The van der Waals surface area contributed by atoms with Crippen molar-refractivity contribution in [3.63, 3.8) is 0 Å². The highest BCUT2D eigenvalue weighted by molar-refractivity contribution is 9.10. The molecule has 0 spiro atoms. The number of aromatic nitrogens is 2. The Labute approximate surface area is 113 Å². The maximum atomic E-state index is 13.2. The first-order chi connectivity index (χ1) is 8.70. The lowest BCUT2D eigenvalue weighted by atomic mass is 10.1. The van der Waals surface area contributed by atoms with E-state index in [4.69, 9.17) is 5.73 Å². The van der Waals surface area contributed by atoms with Crippen LogP contribution in [0.3, 0.4) is 0 Å². The van der Waals surface area contributed by atoms with Crippen LogP contribution < -0.4 is 11.1 Å². The fourth-order valence-corrected chi connectivity index (χ4v) is 1.82. The Balaban J connectivity index is 2.29. The smallest absolute Gasteiger partial charge is 0.223 e. The summed E-state index contributed by atoms with van der Waals surface area (Å²) in [6, 6.07) is 6.53. The summed E-state index contributed by atoms with van der Waals surface area (Å²) in [6.07, 6.45) is 1.65. The van der Waals surface area contributed by atoms with Crippen molar-refractivity contribution in [2.24, 2.45) is 5.73 Å². The summed E-state index contributed by atoms with van der Waals surface area (Å²) >= 11 is 3.15. The van der Waals surface area contributed by atoms with Crippen molar-refractivity contribution in [1.29, 1.82) is 0 Å². The van der Waals surface area contributed by atoms with E-state index in [0.29, 0.717) is 23.5 Å². The minimum absolute atomic E-state index is 0.297. The number of hydrogen-bond acceptors (Lipinski definition) is 4. The molecule has 2 aromatic rings. The van der Waals surface area contributed by atoms with Crippen molar-refractivity contribution in [1.82, 2.24) is 9.97 Å². The van der Waals surface area contributed by atoms with Gasteiger partial charge in [-0.2, -0.15) is 0 Å². The minimum Gasteiger partial charge on any atom is -0.353 e. The van der Waals surface area contributed by atoms with Gasteiger partial charge in [0.25, 0.3) is 0 Å². The van der Waals surface area contributed by atoms with Crippen LogP contribution in [-0.4, -0.2) is 23.1 Å². The second-order valence-corrected chi connectivity index (χ2v) is 4.46. The topological polar surface area (TPSA) is 63.8 Å². The number of halogens is 2. The average Bonchev–Trinajstić information content (AvgIpc) is 2.40. The number of nitrogens with two attached hydrogens (primary N) is 1. The molecule has 1 aromatic carbocycles. The molecule has 0 saturated carbocycles. The van der Waals surface area contributed by atoms with Crippen LogP contribution in [0, 0.1) is 5.82 Å². The van der Waals surface area contributed by atoms with Gasteiger partial charge in [0.2, 0.25) is 5.95 Å². The van der Waals surface area contributed by atoms with Crippen molar-refractivity contribution < 1.29 is 4.39 Å². The van der Waals surface area contributed by atoms with Crippen LogP contribution in [-0.2, 0) is 0 Å². The molecule has 0 aliphatic heterocycles. The number of rotatable bonds is 4. The van der Waals surface area contributed by atoms with Crippen molar-refractivity contribution >= 4 is 21.9 Å². The van der Waals surface area contributed by atoms with E-state index in [-0.39, 0.29) is 5.82 Å². The molecule has 0 aliphatic rings. The summed E-state index contributed by atoms with van der Waals surface area (Å²) in [5, 5.41) is 3.00. The zero-order valence-electron chi connectivity index (χ0n) is 9.53. The highest BCUT2D eigenvalue weighted by Gasteiger charge is 2.05. The van der Waals surface area contributed by atoms with Gasteiger partial charge in [-0.3, -0.25) is 0 Å². The van der Waals surface area contributed by atoms with Gasteiger partial charge >= 0.3 is 0 Å². The lowest BCUT2D eigenvalue weighted by Gasteiger charge is -2.06. The van der Waals surface area contributed by atoms with Crippen LogP contribution in [0.4, 0.5) is 10.3 Å². The first-order valence-electron chi connectivity index (χ1n) is 5.43. The first-order valence-corrected chi connectivity index (χ1v) is 6.22. The van der Waals surface area contributed by atoms with E-state index < -0.39 is 0 Å². The quantitative estimate of drug-likeness (QED) is 0.910. The van der Waals surface area contributed by atoms with Crippen LogP contribution >= 0.6 is 15.9 Å². The zero-order valence-corrected chi connectivity index (χ0v) is 11.1. The van der Waals surface area contributed by atoms with E-state index in [1.54, 1.807) is 24.4 Å². The number of nitrogens with zero attached hydrogens (tertiary/aromatic N) is 2. The maximum Gasteiger partial charge on any atom is 0.223 e. The van der Waals surface area contributed by atoms with Crippen LogP contribution in [0.1, 0.15) is 0 Å². The summed E-state index contributed by atoms with van der Waals surface area (Å²) in [5.41, 5.74) is 6.94. The number of hydrogen-bond donors (Lipinski definition) is 2. The highest BCUT2D eigenvalue weighted by Crippen LogP contribution is 2.24. The van der Waals surface area contributed by atoms with Crippen molar-refractivity contribution in [2.45, 2.75) is 0 Å². The van der Waals surface area contributed by atoms with Crippen molar-refractivity contribution in [3.05, 3.63) is 40.8 Å². The Morgan fingerprint density at radius 3 is 2.89 bits per heavy atom. The van der Waals surface area contributed by atoms with E-state index in [0.717, 1.165) is 11.3 Å². The third kappa shape index (κ3) is 3.02. The SMILES string of the molecule is NCCNc1nccc(-c2ccc(F)c(Br)c2)n1. The fourth-order valence-electron chi connectivity index (χ4n) is 1.44. The molecule has 1 heterocycles. The maximum absolute atomic E-state index is 13.2. The summed E-state index contributed by atoms with van der Waals surface area (Å²) in [5.74, 6) is 0.215. The molecule has 3 N–H and O–H groups in total. The van der Waals surface area contributed by atoms with Gasteiger partial charge < -0.3 is 11.1 Å². The molecule has 18 heavy (non-hydrogen) atoms. The third-order valence-electron chi connectivity index (χ3n) is 2.30. The molecule has 0 unspecified atom stereocenters. The normalized spacial score (nSPS) is 10.4. The monoisotopic (exact) mass is 310 g/mol. The van der Waals surface area contributed by atoms with Gasteiger partial charge in [0.15, 0.2) is 0 Å².